The van der Waals surface area contributed by atoms with Crippen molar-refractivity contribution in [2.24, 2.45) is 0 Å². The Hall–Kier alpha value is -1.00. The zero-order valence-corrected chi connectivity index (χ0v) is 11.9. The first-order valence-electron chi connectivity index (χ1n) is 6.62. The molecule has 2 saturated heterocycles. The molecule has 1 aromatic heterocycles. The summed E-state index contributed by atoms with van der Waals surface area (Å²) in [7, 11) is -3.44. The fourth-order valence-corrected chi connectivity index (χ4v) is 3.98. The molecule has 0 aromatic carbocycles. The normalized spacial score (nSPS) is 26.7. The molecule has 0 radical (unpaired) electrons. The fourth-order valence-electron chi connectivity index (χ4n) is 2.41. The summed E-state index contributed by atoms with van der Waals surface area (Å²) >= 11 is 0. The first kappa shape index (κ1) is 14.0. The van der Waals surface area contributed by atoms with Gasteiger partial charge in [-0.3, -0.25) is 5.10 Å². The predicted molar refractivity (Wildman–Crippen MR) is 70.2 cm³/mol. The van der Waals surface area contributed by atoms with Gasteiger partial charge in [0, 0.05) is 32.4 Å². The van der Waals surface area contributed by atoms with Crippen LogP contribution in [0, 0.1) is 0 Å². The molecule has 1 atom stereocenters. The van der Waals surface area contributed by atoms with Crippen LogP contribution >= 0.6 is 0 Å². The molecule has 0 spiro atoms. The predicted octanol–water partition coefficient (Wildman–Crippen LogP) is -0.640. The van der Waals surface area contributed by atoms with E-state index in [1.807, 2.05) is 0 Å². The maximum Gasteiger partial charge on any atom is 0.282 e. The largest absolute Gasteiger partial charge is 0.379 e. The Morgan fingerprint density at radius 3 is 2.65 bits per heavy atom. The number of morpholine rings is 2. The molecule has 0 bridgehead atoms. The number of hydrogen-bond acceptors (Lipinski definition) is 5. The average Bonchev–Trinajstić information content (AvgIpc) is 3.03. The molecule has 8 nitrogen and oxygen atoms in total. The lowest BCUT2D eigenvalue weighted by Crippen LogP contribution is -2.52. The monoisotopic (exact) mass is 302 g/mol. The minimum atomic E-state index is -3.44. The first-order valence-corrected chi connectivity index (χ1v) is 8.01. The maximum absolute atomic E-state index is 12.6. The van der Waals surface area contributed by atoms with Crippen LogP contribution < -0.4 is 0 Å². The molecule has 112 valence electrons. The van der Waals surface area contributed by atoms with Gasteiger partial charge in [0.15, 0.2) is 0 Å². The van der Waals surface area contributed by atoms with Gasteiger partial charge < -0.3 is 9.47 Å². The minimum Gasteiger partial charge on any atom is -0.379 e. The van der Waals surface area contributed by atoms with Gasteiger partial charge in [0.2, 0.25) is 0 Å². The molecule has 20 heavy (non-hydrogen) atoms. The lowest BCUT2D eigenvalue weighted by Gasteiger charge is -2.36. The third-order valence-electron chi connectivity index (χ3n) is 3.52. The zero-order chi connectivity index (χ0) is 14.0. The SMILES string of the molecule is O=S(=O)(N1CCOCC1)N1CCO[C@@H](c2ccn[nH]2)C1. The Labute approximate surface area is 117 Å². The lowest BCUT2D eigenvalue weighted by molar-refractivity contribution is -0.00846. The molecule has 9 heteroatoms. The van der Waals surface area contributed by atoms with E-state index in [-0.39, 0.29) is 6.10 Å². The van der Waals surface area contributed by atoms with Gasteiger partial charge in [0.25, 0.3) is 10.2 Å². The Kier molecular flexibility index (Phi) is 4.03. The third kappa shape index (κ3) is 2.72. The van der Waals surface area contributed by atoms with Crippen molar-refractivity contribution < 1.29 is 17.9 Å². The van der Waals surface area contributed by atoms with Crippen molar-refractivity contribution in [2.45, 2.75) is 6.10 Å². The van der Waals surface area contributed by atoms with Crippen LogP contribution in [0.25, 0.3) is 0 Å². The molecule has 3 heterocycles. The number of aromatic nitrogens is 2. The Bertz CT molecular complexity index is 527. The van der Waals surface area contributed by atoms with Gasteiger partial charge in [-0.1, -0.05) is 0 Å². The summed E-state index contributed by atoms with van der Waals surface area (Å²) in [5.74, 6) is 0. The molecule has 3 rings (SSSR count). The smallest absolute Gasteiger partial charge is 0.282 e. The van der Waals surface area contributed by atoms with Gasteiger partial charge in [-0.2, -0.15) is 22.1 Å². The first-order chi connectivity index (χ1) is 9.68. The molecule has 0 amide bonds. The van der Waals surface area contributed by atoms with Crippen molar-refractivity contribution in [1.82, 2.24) is 18.8 Å². The second-order valence-electron chi connectivity index (χ2n) is 4.75. The number of rotatable bonds is 3. The number of nitrogens with zero attached hydrogens (tertiary/aromatic N) is 3. The summed E-state index contributed by atoms with van der Waals surface area (Å²) in [6.45, 7) is 2.80. The maximum atomic E-state index is 12.6. The minimum absolute atomic E-state index is 0.290. The van der Waals surface area contributed by atoms with Crippen LogP contribution in [0.1, 0.15) is 11.8 Å². The molecule has 1 N–H and O–H groups in total. The lowest BCUT2D eigenvalue weighted by atomic mass is 10.2. The van der Waals surface area contributed by atoms with Gasteiger partial charge >= 0.3 is 0 Å². The standard InChI is InChI=1S/C11H18N4O4S/c16-20(17,14-3-6-18-7-4-14)15-5-8-19-11(9-15)10-1-2-12-13-10/h1-2,11H,3-9H2,(H,12,13)/t11-/m1/s1. The van der Waals surface area contributed by atoms with Crippen molar-refractivity contribution in [3.63, 3.8) is 0 Å². The van der Waals surface area contributed by atoms with Crippen molar-refractivity contribution >= 4 is 10.2 Å². The number of hydrogen-bond donors (Lipinski definition) is 1. The highest BCUT2D eigenvalue weighted by Gasteiger charge is 2.35. The number of ether oxygens (including phenoxy) is 2. The topological polar surface area (TPSA) is 87.8 Å². The van der Waals surface area contributed by atoms with Crippen LogP contribution in [0.4, 0.5) is 0 Å². The molecule has 0 unspecified atom stereocenters. The van der Waals surface area contributed by atoms with Crippen molar-refractivity contribution in [1.29, 1.82) is 0 Å². The van der Waals surface area contributed by atoms with Gasteiger partial charge in [-0.05, 0) is 6.07 Å². The van der Waals surface area contributed by atoms with E-state index in [0.717, 1.165) is 5.69 Å². The highest BCUT2D eigenvalue weighted by atomic mass is 32.2. The second kappa shape index (κ2) is 5.78. The summed E-state index contributed by atoms with van der Waals surface area (Å²) in [6, 6.07) is 1.80. The van der Waals surface area contributed by atoms with Crippen LogP contribution in [0.15, 0.2) is 12.3 Å². The summed E-state index contributed by atoms with van der Waals surface area (Å²) < 4.78 is 38.9. The molecule has 1 aromatic rings. The summed E-state index contributed by atoms with van der Waals surface area (Å²) in [6.07, 6.45) is 1.34. The van der Waals surface area contributed by atoms with E-state index in [1.165, 1.54) is 8.61 Å². The molecule has 0 saturated carbocycles. The van der Waals surface area contributed by atoms with Crippen LogP contribution in [-0.4, -0.2) is 73.2 Å². The molecular formula is C11H18N4O4S. The van der Waals surface area contributed by atoms with Crippen molar-refractivity contribution in [3.05, 3.63) is 18.0 Å². The summed E-state index contributed by atoms with van der Waals surface area (Å²) in [5, 5.41) is 6.70. The number of nitrogens with one attached hydrogen (secondary N) is 1. The quantitative estimate of drug-likeness (QED) is 0.802. The van der Waals surface area contributed by atoms with E-state index in [4.69, 9.17) is 9.47 Å². The summed E-state index contributed by atoms with van der Waals surface area (Å²) in [4.78, 5) is 0. The highest BCUT2D eigenvalue weighted by Crippen LogP contribution is 2.23. The van der Waals surface area contributed by atoms with Crippen LogP contribution in [0.2, 0.25) is 0 Å². The van der Waals surface area contributed by atoms with Crippen LogP contribution in [-0.2, 0) is 19.7 Å². The average molecular weight is 302 g/mol. The van der Waals surface area contributed by atoms with Gasteiger partial charge in [0.1, 0.15) is 6.10 Å². The molecule has 2 aliphatic heterocycles. The van der Waals surface area contributed by atoms with Crippen molar-refractivity contribution in [2.75, 3.05) is 46.0 Å². The fraction of sp³-hybridized carbons (Fsp3) is 0.727. The molecule has 2 aliphatic rings. The number of aromatic amines is 1. The van der Waals surface area contributed by atoms with E-state index in [2.05, 4.69) is 10.2 Å². The molecular weight excluding hydrogens is 284 g/mol. The zero-order valence-electron chi connectivity index (χ0n) is 11.1. The van der Waals surface area contributed by atoms with Crippen LogP contribution in [0.3, 0.4) is 0 Å². The van der Waals surface area contributed by atoms with E-state index in [0.29, 0.717) is 46.0 Å². The van der Waals surface area contributed by atoms with Gasteiger partial charge in [-0.25, -0.2) is 0 Å². The second-order valence-corrected chi connectivity index (χ2v) is 6.68. The summed E-state index contributed by atoms with van der Waals surface area (Å²) in [5.41, 5.74) is 0.798. The third-order valence-corrected chi connectivity index (χ3v) is 5.52. The van der Waals surface area contributed by atoms with E-state index in [9.17, 15) is 8.42 Å². The van der Waals surface area contributed by atoms with E-state index in [1.54, 1.807) is 12.3 Å². The number of H-pyrrole nitrogens is 1. The van der Waals surface area contributed by atoms with Gasteiger partial charge in [0.05, 0.1) is 25.5 Å². The van der Waals surface area contributed by atoms with Crippen LogP contribution in [0.5, 0.6) is 0 Å². The Balaban J connectivity index is 1.72. The van der Waals surface area contributed by atoms with Crippen molar-refractivity contribution in [3.8, 4) is 0 Å². The molecule has 2 fully saturated rings. The van der Waals surface area contributed by atoms with Gasteiger partial charge in [-0.15, -0.1) is 0 Å². The Morgan fingerprint density at radius 2 is 1.95 bits per heavy atom. The Morgan fingerprint density at radius 1 is 1.20 bits per heavy atom. The molecule has 0 aliphatic carbocycles. The van der Waals surface area contributed by atoms with E-state index >= 15 is 0 Å². The highest BCUT2D eigenvalue weighted by molar-refractivity contribution is 7.86. The van der Waals surface area contributed by atoms with E-state index < -0.39 is 10.2 Å².